The lowest BCUT2D eigenvalue weighted by molar-refractivity contribution is 0.585. The average molecular weight is 221 g/mol. The molecule has 2 heteroatoms. The van der Waals surface area contributed by atoms with Gasteiger partial charge >= 0.3 is 0 Å². The monoisotopic (exact) mass is 221 g/mol. The highest BCUT2D eigenvalue weighted by Crippen LogP contribution is 2.18. The predicted molar refractivity (Wildman–Crippen MR) is 65.1 cm³/mol. The molecule has 1 aliphatic rings. The molecule has 1 nitrogen and oxygen atoms in total. The first-order chi connectivity index (χ1) is 7.75. The maximum Gasteiger partial charge on any atom is 0.126 e. The number of rotatable bonds is 6. The van der Waals surface area contributed by atoms with Crippen molar-refractivity contribution in [1.82, 2.24) is 5.32 Å². The van der Waals surface area contributed by atoms with Crippen LogP contribution in [0, 0.1) is 12.7 Å². The van der Waals surface area contributed by atoms with E-state index in [1.807, 2.05) is 19.1 Å². The number of unbranched alkanes of at least 4 members (excludes halogenated alkanes) is 1. The summed E-state index contributed by atoms with van der Waals surface area (Å²) >= 11 is 0. The Morgan fingerprint density at radius 3 is 2.88 bits per heavy atom. The van der Waals surface area contributed by atoms with E-state index in [-0.39, 0.29) is 5.82 Å². The smallest absolute Gasteiger partial charge is 0.126 e. The third-order valence-electron chi connectivity index (χ3n) is 3.08. The van der Waals surface area contributed by atoms with Crippen LogP contribution in [0.25, 0.3) is 0 Å². The maximum atomic E-state index is 13.4. The molecule has 1 saturated carbocycles. The second kappa shape index (κ2) is 5.44. The van der Waals surface area contributed by atoms with Crippen LogP contribution in [0.15, 0.2) is 18.2 Å². The van der Waals surface area contributed by atoms with Gasteiger partial charge in [-0.25, -0.2) is 4.39 Å². The van der Waals surface area contributed by atoms with Gasteiger partial charge in [-0.05, 0) is 57.2 Å². The molecule has 0 aliphatic heterocycles. The fourth-order valence-electron chi connectivity index (χ4n) is 1.93. The van der Waals surface area contributed by atoms with Gasteiger partial charge in [0, 0.05) is 6.04 Å². The third-order valence-corrected chi connectivity index (χ3v) is 3.08. The Bertz CT molecular complexity index is 345. The van der Waals surface area contributed by atoms with Crippen molar-refractivity contribution in [3.8, 4) is 0 Å². The van der Waals surface area contributed by atoms with Gasteiger partial charge in [0.2, 0.25) is 0 Å². The summed E-state index contributed by atoms with van der Waals surface area (Å²) in [6, 6.07) is 6.15. The molecule has 1 fully saturated rings. The van der Waals surface area contributed by atoms with E-state index in [9.17, 15) is 4.39 Å². The molecular weight excluding hydrogens is 201 g/mol. The first-order valence-corrected chi connectivity index (χ1v) is 6.24. The number of hydrogen-bond donors (Lipinski definition) is 1. The predicted octanol–water partition coefficient (Wildman–Crippen LogP) is 3.21. The summed E-state index contributed by atoms with van der Waals surface area (Å²) in [6.07, 6.45) is 5.75. The summed E-state index contributed by atoms with van der Waals surface area (Å²) in [5.41, 5.74) is 2.01. The highest BCUT2D eigenvalue weighted by Gasteiger charge is 2.19. The molecule has 1 N–H and O–H groups in total. The lowest BCUT2D eigenvalue weighted by Gasteiger charge is -2.05. The molecular formula is C14H20FN. The minimum atomic E-state index is -0.0549. The Balaban J connectivity index is 1.69. The highest BCUT2D eigenvalue weighted by atomic mass is 19.1. The van der Waals surface area contributed by atoms with Gasteiger partial charge in [-0.1, -0.05) is 17.7 Å². The van der Waals surface area contributed by atoms with Crippen molar-refractivity contribution in [3.63, 3.8) is 0 Å². The summed E-state index contributed by atoms with van der Waals surface area (Å²) in [4.78, 5) is 0. The second-order valence-corrected chi connectivity index (χ2v) is 4.78. The van der Waals surface area contributed by atoms with E-state index in [1.165, 1.54) is 12.8 Å². The number of nitrogens with one attached hydrogen (secondary N) is 1. The van der Waals surface area contributed by atoms with E-state index in [4.69, 9.17) is 0 Å². The quantitative estimate of drug-likeness (QED) is 0.727. The Kier molecular flexibility index (Phi) is 3.94. The van der Waals surface area contributed by atoms with Crippen LogP contribution < -0.4 is 5.32 Å². The Labute approximate surface area is 97.1 Å². The number of halogens is 1. The lowest BCUT2D eigenvalue weighted by atomic mass is 10.1. The van der Waals surface area contributed by atoms with E-state index in [1.54, 1.807) is 6.07 Å². The van der Waals surface area contributed by atoms with Crippen LogP contribution in [0.5, 0.6) is 0 Å². The van der Waals surface area contributed by atoms with Crippen molar-refractivity contribution in [2.45, 2.75) is 45.1 Å². The summed E-state index contributed by atoms with van der Waals surface area (Å²) < 4.78 is 13.4. The van der Waals surface area contributed by atoms with E-state index in [0.29, 0.717) is 0 Å². The van der Waals surface area contributed by atoms with Crippen LogP contribution in [0.4, 0.5) is 4.39 Å². The van der Waals surface area contributed by atoms with E-state index >= 15 is 0 Å². The normalized spacial score (nSPS) is 15.4. The van der Waals surface area contributed by atoms with Gasteiger partial charge in [-0.15, -0.1) is 0 Å². The first-order valence-electron chi connectivity index (χ1n) is 6.24. The van der Waals surface area contributed by atoms with Crippen LogP contribution >= 0.6 is 0 Å². The zero-order valence-electron chi connectivity index (χ0n) is 9.93. The van der Waals surface area contributed by atoms with E-state index < -0.39 is 0 Å². The summed E-state index contributed by atoms with van der Waals surface area (Å²) in [5.74, 6) is -0.0549. The zero-order chi connectivity index (χ0) is 11.4. The highest BCUT2D eigenvalue weighted by molar-refractivity contribution is 5.24. The van der Waals surface area contributed by atoms with Crippen LogP contribution in [0.2, 0.25) is 0 Å². The van der Waals surface area contributed by atoms with Crippen LogP contribution in [-0.4, -0.2) is 12.6 Å². The standard InChI is InChI=1S/C14H20FN/c1-11-5-8-14(15)12(10-11)4-2-3-9-16-13-6-7-13/h5,8,10,13,16H,2-4,6-7,9H2,1H3. The van der Waals surface area contributed by atoms with Crippen LogP contribution in [0.1, 0.15) is 36.8 Å². The molecule has 0 saturated heterocycles. The minimum absolute atomic E-state index is 0.0549. The average Bonchev–Trinajstić information content (AvgIpc) is 3.06. The Morgan fingerprint density at radius 2 is 2.12 bits per heavy atom. The topological polar surface area (TPSA) is 12.0 Å². The van der Waals surface area contributed by atoms with Gasteiger partial charge in [-0.3, -0.25) is 0 Å². The summed E-state index contributed by atoms with van der Waals surface area (Å²) in [7, 11) is 0. The molecule has 0 spiro atoms. The molecule has 1 aromatic carbocycles. The second-order valence-electron chi connectivity index (χ2n) is 4.78. The molecule has 0 radical (unpaired) electrons. The van der Waals surface area contributed by atoms with Gasteiger partial charge in [0.25, 0.3) is 0 Å². The molecule has 0 aromatic heterocycles. The van der Waals surface area contributed by atoms with Gasteiger partial charge < -0.3 is 5.32 Å². The lowest BCUT2D eigenvalue weighted by Crippen LogP contribution is -2.17. The van der Waals surface area contributed by atoms with Gasteiger partial charge in [0.15, 0.2) is 0 Å². The number of hydrogen-bond acceptors (Lipinski definition) is 1. The fourth-order valence-corrected chi connectivity index (χ4v) is 1.93. The van der Waals surface area contributed by atoms with Gasteiger partial charge in [0.05, 0.1) is 0 Å². The Morgan fingerprint density at radius 1 is 1.31 bits per heavy atom. The fraction of sp³-hybridized carbons (Fsp3) is 0.571. The summed E-state index contributed by atoms with van der Waals surface area (Å²) in [6.45, 7) is 3.09. The molecule has 2 rings (SSSR count). The SMILES string of the molecule is Cc1ccc(F)c(CCCCNC2CC2)c1. The van der Waals surface area contributed by atoms with Crippen molar-refractivity contribution >= 4 is 0 Å². The van der Waals surface area contributed by atoms with Crippen LogP contribution in [-0.2, 0) is 6.42 Å². The van der Waals surface area contributed by atoms with Gasteiger partial charge in [0.1, 0.15) is 5.82 Å². The zero-order valence-corrected chi connectivity index (χ0v) is 9.93. The molecule has 88 valence electrons. The maximum absolute atomic E-state index is 13.4. The van der Waals surface area contributed by atoms with E-state index in [2.05, 4.69) is 5.32 Å². The molecule has 1 aliphatic carbocycles. The molecule has 0 atom stereocenters. The van der Waals surface area contributed by atoms with Crippen molar-refractivity contribution in [2.75, 3.05) is 6.54 Å². The van der Waals surface area contributed by atoms with Gasteiger partial charge in [-0.2, -0.15) is 0 Å². The van der Waals surface area contributed by atoms with Crippen LogP contribution in [0.3, 0.4) is 0 Å². The largest absolute Gasteiger partial charge is 0.314 e. The molecule has 0 unspecified atom stereocenters. The van der Waals surface area contributed by atoms with Crippen molar-refractivity contribution in [3.05, 3.63) is 35.1 Å². The first kappa shape index (κ1) is 11.6. The van der Waals surface area contributed by atoms with Crippen molar-refractivity contribution in [1.29, 1.82) is 0 Å². The molecule has 16 heavy (non-hydrogen) atoms. The van der Waals surface area contributed by atoms with E-state index in [0.717, 1.165) is 43.0 Å². The number of benzene rings is 1. The van der Waals surface area contributed by atoms with Crippen molar-refractivity contribution in [2.24, 2.45) is 0 Å². The molecule has 0 heterocycles. The molecule has 0 bridgehead atoms. The summed E-state index contributed by atoms with van der Waals surface area (Å²) in [5, 5.41) is 3.48. The molecule has 0 amide bonds. The third kappa shape index (κ3) is 3.60. The Hall–Kier alpha value is -0.890. The minimum Gasteiger partial charge on any atom is -0.314 e. The number of aryl methyl sites for hydroxylation is 2. The molecule has 1 aromatic rings. The van der Waals surface area contributed by atoms with Crippen molar-refractivity contribution < 1.29 is 4.39 Å².